The number of rotatable bonds is 2. The van der Waals surface area contributed by atoms with E-state index in [1.54, 1.807) is 37.3 Å². The first-order valence-electron chi connectivity index (χ1n) is 18.6. The summed E-state index contributed by atoms with van der Waals surface area (Å²) in [7, 11) is 1.48. The van der Waals surface area contributed by atoms with Gasteiger partial charge in [0.2, 0.25) is 11.4 Å². The molecule has 0 radical (unpaired) electrons. The summed E-state index contributed by atoms with van der Waals surface area (Å²) in [4.78, 5) is 8.79. The van der Waals surface area contributed by atoms with Gasteiger partial charge in [0.25, 0.3) is 0 Å². The molecule has 0 atom stereocenters. The number of aryl methyl sites for hydroxylation is 3. The highest BCUT2D eigenvalue weighted by Crippen LogP contribution is 2.48. The first kappa shape index (κ1) is 9.99. The van der Waals surface area contributed by atoms with E-state index in [9.17, 15) is 0 Å². The minimum atomic E-state index is -3.48. The molecule has 0 bridgehead atoms. The summed E-state index contributed by atoms with van der Waals surface area (Å²) in [6.07, 6.45) is 2.40. The van der Waals surface area contributed by atoms with Crippen LogP contribution in [0.1, 0.15) is 83.3 Å². The van der Waals surface area contributed by atoms with Gasteiger partial charge in [0.15, 0.2) is 11.8 Å². The van der Waals surface area contributed by atoms with Crippen LogP contribution in [0.25, 0.3) is 44.5 Å². The molecule has 0 fully saturated rings. The molecule has 1 aliphatic rings. The van der Waals surface area contributed by atoms with Gasteiger partial charge in [-0.05, 0) is 56.6 Å². The Labute approximate surface area is 222 Å². The molecule has 4 aromatic heterocycles. The lowest BCUT2D eigenvalue weighted by atomic mass is 9.89. The second-order valence-electron chi connectivity index (χ2n) is 8.59. The maximum absolute atomic E-state index is 8.88. The molecule has 0 saturated heterocycles. The summed E-state index contributed by atoms with van der Waals surface area (Å²) in [5.74, 6) is -3.35. The molecule has 170 valence electrons. The molecule has 0 N–H and O–H groups in total. The van der Waals surface area contributed by atoms with Crippen LogP contribution in [0.4, 0.5) is 0 Å². The molecule has 0 spiro atoms. The molecule has 1 aliphatic carbocycles. The minimum absolute atomic E-state index is 0.113. The van der Waals surface area contributed by atoms with Crippen LogP contribution in [-0.2, 0) is 12.5 Å². The van der Waals surface area contributed by atoms with Crippen LogP contribution in [0.15, 0.2) is 53.2 Å². The number of benzene rings is 1. The van der Waals surface area contributed by atoms with Crippen molar-refractivity contribution in [1.29, 1.82) is 0 Å². The van der Waals surface area contributed by atoms with E-state index >= 15 is 0 Å². The maximum Gasteiger partial charge on any atom is 0.227 e. The van der Waals surface area contributed by atoms with Crippen LogP contribution in [0.5, 0.6) is 0 Å². The number of fused-ring (bicyclic) bond motifs is 6. The first-order chi connectivity index (χ1) is 22.7. The Morgan fingerprint density at radius 3 is 2.74 bits per heavy atom. The van der Waals surface area contributed by atoms with E-state index < -0.39 is 56.7 Å². The van der Waals surface area contributed by atoms with Gasteiger partial charge < -0.3 is 4.42 Å². The van der Waals surface area contributed by atoms with E-state index in [4.69, 9.17) is 26.3 Å². The minimum Gasteiger partial charge on any atom is -0.437 e. The van der Waals surface area contributed by atoms with E-state index in [-0.39, 0.29) is 45.1 Å². The van der Waals surface area contributed by atoms with E-state index in [2.05, 4.69) is 9.97 Å². The number of pyridine rings is 3. The van der Waals surface area contributed by atoms with Gasteiger partial charge in [-0.15, -0.1) is 0 Å². The van der Waals surface area contributed by atoms with Crippen molar-refractivity contribution in [2.24, 2.45) is 7.05 Å². The summed E-state index contributed by atoms with van der Waals surface area (Å²) in [6, 6.07) is 9.19. The molecule has 4 nitrogen and oxygen atoms in total. The summed E-state index contributed by atoms with van der Waals surface area (Å²) in [6.45, 7) is -14.5. The van der Waals surface area contributed by atoms with Gasteiger partial charge in [0.1, 0.15) is 7.05 Å². The Morgan fingerprint density at radius 2 is 1.94 bits per heavy atom. The van der Waals surface area contributed by atoms with E-state index in [1.165, 1.54) is 17.8 Å². The van der Waals surface area contributed by atoms with Gasteiger partial charge >= 0.3 is 0 Å². The van der Waals surface area contributed by atoms with Gasteiger partial charge in [0, 0.05) is 61.7 Å². The third-order valence-corrected chi connectivity index (χ3v) is 6.45. The summed E-state index contributed by atoms with van der Waals surface area (Å²) in [5.41, 5.74) is -2.92. The van der Waals surface area contributed by atoms with Crippen molar-refractivity contribution in [2.75, 3.05) is 0 Å². The zero-order chi connectivity index (χ0) is 37.4. The van der Waals surface area contributed by atoms with E-state index in [1.807, 2.05) is 0 Å². The van der Waals surface area contributed by atoms with Crippen molar-refractivity contribution in [3.05, 3.63) is 76.9 Å². The monoisotopic (exact) mass is 464 g/mol. The number of aromatic nitrogens is 3. The average molecular weight is 465 g/mol. The van der Waals surface area contributed by atoms with E-state index in [0.717, 1.165) is 12.3 Å². The second kappa shape index (κ2) is 6.99. The van der Waals surface area contributed by atoms with Crippen LogP contribution in [0.2, 0.25) is 0 Å². The molecule has 0 amide bonds. The lowest BCUT2D eigenvalue weighted by Crippen LogP contribution is -2.32. The molecule has 5 aromatic rings. The number of hydrogen-bond acceptors (Lipinski definition) is 3. The molecule has 34 heavy (non-hydrogen) atoms. The quantitative estimate of drug-likeness (QED) is 0.266. The zero-order valence-electron chi connectivity index (χ0n) is 34.4. The van der Waals surface area contributed by atoms with Crippen LogP contribution in [0, 0.1) is 13.8 Å². The lowest BCUT2D eigenvalue weighted by molar-refractivity contribution is -0.660. The van der Waals surface area contributed by atoms with Crippen LogP contribution in [0.3, 0.4) is 0 Å². The predicted octanol–water partition coefficient (Wildman–Crippen LogP) is 6.91. The van der Waals surface area contributed by atoms with Gasteiger partial charge in [-0.2, -0.15) is 0 Å². The van der Waals surface area contributed by atoms with Crippen LogP contribution < -0.4 is 4.57 Å². The zero-order valence-corrected chi connectivity index (χ0v) is 18.4. The Morgan fingerprint density at radius 1 is 1.06 bits per heavy atom. The standard InChI is InChI=1S/C30H30N3O/c1-16(2)21-14-24(33(7)15-18(21)4)25-17(3)10-11-19-23-13-22-20-9-8-12-31-27(20)30(5,6)28(22)32-29(23)34-26(19)25/h8-16H,1-7H3/q+1/i1D3,2D3,4D3,5D3,6D3,16D. The molecule has 4 heteroatoms. The average Bonchev–Trinajstić information content (AvgIpc) is 3.46. The third kappa shape index (κ3) is 2.74. The first-order valence-corrected chi connectivity index (χ1v) is 10.6. The highest BCUT2D eigenvalue weighted by Gasteiger charge is 2.39. The van der Waals surface area contributed by atoms with Crippen LogP contribution in [-0.4, -0.2) is 9.97 Å². The number of furan rings is 1. The molecule has 0 aliphatic heterocycles. The topological polar surface area (TPSA) is 42.8 Å². The molecule has 0 unspecified atom stereocenters. The van der Waals surface area contributed by atoms with Crippen molar-refractivity contribution in [3.63, 3.8) is 0 Å². The summed E-state index contributed by atoms with van der Waals surface area (Å²) < 4.78 is 140. The Balaban J connectivity index is 1.73. The summed E-state index contributed by atoms with van der Waals surface area (Å²) in [5, 5.41) is 0.815. The SMILES string of the molecule is [2H]C([2H])([2H])c1c[n+](C)c(-c2c(C)ccc3c2oc2nc4c(cc23)-c2cccnc2C4(C([2H])([2H])[2H])C([2H])([2H])[2H])cc1C([2H])(C([2H])([2H])[2H])C([2H])([2H])[2H]. The molecule has 0 saturated carbocycles. The molecule has 6 rings (SSSR count). The molecule has 1 aromatic carbocycles. The van der Waals surface area contributed by atoms with Gasteiger partial charge in [0.05, 0.1) is 22.4 Å². The number of hydrogen-bond donors (Lipinski definition) is 0. The molecular formula is C30H30N3O+. The Bertz CT molecular complexity index is 2180. The highest BCUT2D eigenvalue weighted by atomic mass is 16.3. The van der Waals surface area contributed by atoms with Gasteiger partial charge in [-0.3, -0.25) is 4.98 Å². The molecular weight excluding hydrogens is 418 g/mol. The summed E-state index contributed by atoms with van der Waals surface area (Å²) >= 11 is 0. The fraction of sp³-hybridized carbons (Fsp3) is 0.300. The fourth-order valence-electron chi connectivity index (χ4n) is 4.81. The fourth-order valence-corrected chi connectivity index (χ4v) is 4.81. The largest absolute Gasteiger partial charge is 0.437 e. The van der Waals surface area contributed by atoms with Crippen molar-refractivity contribution in [2.45, 2.75) is 52.5 Å². The highest BCUT2D eigenvalue weighted by molar-refractivity contribution is 6.10. The number of nitrogens with zero attached hydrogens (tertiary/aromatic N) is 3. The van der Waals surface area contributed by atoms with E-state index in [0.29, 0.717) is 16.3 Å². The van der Waals surface area contributed by atoms with Gasteiger partial charge in [-0.25, -0.2) is 9.55 Å². The predicted molar refractivity (Wildman–Crippen MR) is 137 cm³/mol. The Kier molecular flexibility index (Phi) is 2.05. The van der Waals surface area contributed by atoms with Crippen molar-refractivity contribution >= 4 is 22.1 Å². The smallest absolute Gasteiger partial charge is 0.227 e. The Hall–Kier alpha value is -3.53. The van der Waals surface area contributed by atoms with Crippen LogP contribution >= 0.6 is 0 Å². The van der Waals surface area contributed by atoms with Crippen molar-refractivity contribution in [1.82, 2.24) is 9.97 Å². The third-order valence-electron chi connectivity index (χ3n) is 6.45. The molecule has 4 heterocycles. The lowest BCUT2D eigenvalue weighted by Gasteiger charge is -2.18. The van der Waals surface area contributed by atoms with Crippen molar-refractivity contribution < 1.29 is 30.9 Å². The van der Waals surface area contributed by atoms with Gasteiger partial charge in [-0.1, -0.05) is 31.9 Å². The second-order valence-corrected chi connectivity index (χ2v) is 8.59. The normalized spacial score (nSPS) is 23.4. The maximum atomic E-state index is 8.88. The van der Waals surface area contributed by atoms with Crippen molar-refractivity contribution in [3.8, 4) is 22.4 Å².